The van der Waals surface area contributed by atoms with Crippen LogP contribution in [0.1, 0.15) is 43.0 Å². The summed E-state index contributed by atoms with van der Waals surface area (Å²) in [4.78, 5) is -0.0666. The lowest BCUT2D eigenvalue weighted by molar-refractivity contribution is 0.483. The topological polar surface area (TPSA) is 54.4 Å². The zero-order valence-electron chi connectivity index (χ0n) is 26.7. The van der Waals surface area contributed by atoms with Gasteiger partial charge in [0.2, 0.25) is 0 Å². The Labute approximate surface area is 273 Å². The second kappa shape index (κ2) is 12.6. The molecule has 0 amide bonds. The predicted octanol–water partition coefficient (Wildman–Crippen LogP) is 10.8. The monoisotopic (exact) mass is 622 g/mol. The van der Waals surface area contributed by atoms with Crippen molar-refractivity contribution in [1.29, 1.82) is 0 Å². The van der Waals surface area contributed by atoms with Gasteiger partial charge in [0.25, 0.3) is 10.1 Å². The molecule has 1 aliphatic carbocycles. The first-order valence-electron chi connectivity index (χ1n) is 15.5. The van der Waals surface area contributed by atoms with Gasteiger partial charge in [0.1, 0.15) is 0 Å². The molecule has 0 spiro atoms. The minimum absolute atomic E-state index is 0.0666. The molecule has 0 heterocycles. The fourth-order valence-corrected chi connectivity index (χ4v) is 6.67. The summed E-state index contributed by atoms with van der Waals surface area (Å²) in [5.41, 5.74) is 15.8. The van der Waals surface area contributed by atoms with Crippen molar-refractivity contribution in [3.8, 4) is 44.5 Å². The van der Waals surface area contributed by atoms with Crippen LogP contribution in [0.5, 0.6) is 0 Å². The Hall–Kier alpha value is -4.77. The summed E-state index contributed by atoms with van der Waals surface area (Å²) in [5, 5.41) is 0. The maximum atomic E-state index is 10.5. The molecule has 0 unspecified atom stereocenters. The minimum atomic E-state index is -4.02. The first kappa shape index (κ1) is 31.2. The van der Waals surface area contributed by atoms with Gasteiger partial charge in [0.05, 0.1) is 4.90 Å². The van der Waals surface area contributed by atoms with Crippen molar-refractivity contribution in [3.05, 3.63) is 162 Å². The Morgan fingerprint density at radius 2 is 1.11 bits per heavy atom. The fraction of sp³-hybridized carbons (Fsp3) is 0.143. The van der Waals surface area contributed by atoms with E-state index in [-0.39, 0.29) is 10.3 Å². The van der Waals surface area contributed by atoms with E-state index in [9.17, 15) is 8.42 Å². The van der Waals surface area contributed by atoms with Crippen LogP contribution in [-0.4, -0.2) is 13.0 Å². The molecule has 0 aromatic heterocycles. The molecule has 6 aromatic rings. The smallest absolute Gasteiger partial charge is 0.282 e. The summed E-state index contributed by atoms with van der Waals surface area (Å²) < 4.78 is 29.6. The molecule has 6 aromatic carbocycles. The average molecular weight is 623 g/mol. The Kier molecular flexibility index (Phi) is 8.52. The van der Waals surface area contributed by atoms with Crippen LogP contribution in [0.3, 0.4) is 0 Å². The van der Waals surface area contributed by atoms with Gasteiger partial charge in [-0.3, -0.25) is 4.55 Å². The van der Waals surface area contributed by atoms with E-state index in [0.29, 0.717) is 0 Å². The van der Waals surface area contributed by atoms with E-state index in [2.05, 4.69) is 136 Å². The van der Waals surface area contributed by atoms with Gasteiger partial charge >= 0.3 is 0 Å². The molecule has 1 N–H and O–H groups in total. The third-order valence-corrected chi connectivity index (χ3v) is 9.48. The fourth-order valence-electron chi connectivity index (χ4n) is 6.19. The van der Waals surface area contributed by atoms with Gasteiger partial charge in [-0.15, -0.1) is 0 Å². The van der Waals surface area contributed by atoms with Crippen molar-refractivity contribution in [1.82, 2.24) is 0 Å². The maximum absolute atomic E-state index is 10.5. The summed E-state index contributed by atoms with van der Waals surface area (Å²) in [6.07, 6.45) is 0.971. The van der Waals surface area contributed by atoms with Crippen molar-refractivity contribution in [2.24, 2.45) is 0 Å². The van der Waals surface area contributed by atoms with Crippen LogP contribution >= 0.6 is 0 Å². The molecule has 4 heteroatoms. The van der Waals surface area contributed by atoms with Crippen molar-refractivity contribution in [2.45, 2.75) is 44.4 Å². The highest BCUT2D eigenvalue weighted by Gasteiger charge is 2.27. The number of benzene rings is 6. The highest BCUT2D eigenvalue weighted by Crippen LogP contribution is 2.50. The van der Waals surface area contributed by atoms with E-state index < -0.39 is 10.1 Å². The summed E-state index contributed by atoms with van der Waals surface area (Å²) in [6, 6.07) is 48.4. The first-order valence-corrected chi connectivity index (χ1v) is 17.0. The molecular weight excluding hydrogens is 585 g/mol. The molecule has 0 saturated heterocycles. The highest BCUT2D eigenvalue weighted by atomic mass is 32.2. The van der Waals surface area contributed by atoms with E-state index in [1.807, 2.05) is 6.92 Å². The molecule has 1 aliphatic rings. The van der Waals surface area contributed by atoms with Crippen LogP contribution in [0.2, 0.25) is 0 Å². The minimum Gasteiger partial charge on any atom is -0.282 e. The SMILES string of the molecule is CC(C)(C)c1ccc(-c2cc3c(c(-c4ccccc4)c2-c2ccccc2)Cc2ccccc2-3)cc1.Cc1ccc(S(=O)(=O)O)cc1. The van der Waals surface area contributed by atoms with Gasteiger partial charge in [0.15, 0.2) is 0 Å². The molecule has 0 bridgehead atoms. The molecule has 0 saturated carbocycles. The van der Waals surface area contributed by atoms with Crippen LogP contribution in [0.25, 0.3) is 44.5 Å². The van der Waals surface area contributed by atoms with Crippen molar-refractivity contribution >= 4 is 10.1 Å². The first-order chi connectivity index (χ1) is 22.0. The molecule has 46 heavy (non-hydrogen) atoms. The number of rotatable bonds is 4. The average Bonchev–Trinajstić information content (AvgIpc) is 3.43. The second-order valence-corrected chi connectivity index (χ2v) is 14.3. The predicted molar refractivity (Wildman–Crippen MR) is 191 cm³/mol. The summed E-state index contributed by atoms with van der Waals surface area (Å²) in [7, 11) is -4.02. The zero-order chi connectivity index (χ0) is 32.5. The summed E-state index contributed by atoms with van der Waals surface area (Å²) in [5.74, 6) is 0. The lowest BCUT2D eigenvalue weighted by Crippen LogP contribution is -2.10. The second-order valence-electron chi connectivity index (χ2n) is 12.9. The van der Waals surface area contributed by atoms with Crippen LogP contribution in [0.15, 0.2) is 144 Å². The molecule has 0 aliphatic heterocycles. The van der Waals surface area contributed by atoms with Gasteiger partial charge < -0.3 is 0 Å². The molecule has 7 rings (SSSR count). The lowest BCUT2D eigenvalue weighted by atomic mass is 9.81. The number of hydrogen-bond donors (Lipinski definition) is 1. The number of aryl methyl sites for hydroxylation is 1. The Morgan fingerprint density at radius 1 is 0.565 bits per heavy atom. The Morgan fingerprint density at radius 3 is 1.67 bits per heavy atom. The standard InChI is InChI=1S/C35H30.C7H8O3S/c1-35(2,3)28-20-18-24(19-21-28)30-23-31-29-17-11-10-16-27(29)22-32(31)34(26-14-8-5-9-15-26)33(30)25-12-6-4-7-13-25;1-6-2-4-7(5-3-6)11(8,9)10/h4-21,23H,22H2,1-3H3;2-5H,1H3,(H,8,9,10). The van der Waals surface area contributed by atoms with E-state index in [1.54, 1.807) is 12.1 Å². The number of fused-ring (bicyclic) bond motifs is 3. The molecule has 0 fully saturated rings. The zero-order valence-corrected chi connectivity index (χ0v) is 27.5. The lowest BCUT2D eigenvalue weighted by Gasteiger charge is -2.22. The van der Waals surface area contributed by atoms with Crippen molar-refractivity contribution < 1.29 is 13.0 Å². The molecule has 230 valence electrons. The summed E-state index contributed by atoms with van der Waals surface area (Å²) in [6.45, 7) is 8.67. The van der Waals surface area contributed by atoms with Gasteiger partial charge in [-0.2, -0.15) is 8.42 Å². The van der Waals surface area contributed by atoms with Gasteiger partial charge in [-0.25, -0.2) is 0 Å². The highest BCUT2D eigenvalue weighted by molar-refractivity contribution is 7.85. The Bertz CT molecular complexity index is 2090. The van der Waals surface area contributed by atoms with Gasteiger partial charge in [-0.05, 0) is 98.2 Å². The third kappa shape index (κ3) is 6.46. The molecule has 0 atom stereocenters. The van der Waals surface area contributed by atoms with Gasteiger partial charge in [-0.1, -0.05) is 148 Å². The van der Waals surface area contributed by atoms with Crippen LogP contribution in [0.4, 0.5) is 0 Å². The van der Waals surface area contributed by atoms with E-state index in [4.69, 9.17) is 4.55 Å². The van der Waals surface area contributed by atoms with Crippen molar-refractivity contribution in [2.75, 3.05) is 0 Å². The van der Waals surface area contributed by atoms with Crippen molar-refractivity contribution in [3.63, 3.8) is 0 Å². The third-order valence-electron chi connectivity index (χ3n) is 8.62. The normalized spacial score (nSPS) is 12.1. The molecular formula is C42H38O3S. The van der Waals surface area contributed by atoms with Crippen LogP contribution in [0, 0.1) is 6.92 Å². The van der Waals surface area contributed by atoms with E-state index >= 15 is 0 Å². The van der Waals surface area contributed by atoms with Gasteiger partial charge in [0, 0.05) is 0 Å². The van der Waals surface area contributed by atoms with E-state index in [0.717, 1.165) is 12.0 Å². The number of hydrogen-bond acceptors (Lipinski definition) is 2. The quantitative estimate of drug-likeness (QED) is 0.199. The summed E-state index contributed by atoms with van der Waals surface area (Å²) >= 11 is 0. The van der Waals surface area contributed by atoms with Crippen LogP contribution in [-0.2, 0) is 22.0 Å². The maximum Gasteiger partial charge on any atom is 0.294 e. The largest absolute Gasteiger partial charge is 0.294 e. The van der Waals surface area contributed by atoms with Crippen LogP contribution < -0.4 is 0 Å². The Balaban J connectivity index is 0.000000288. The molecule has 3 nitrogen and oxygen atoms in total. The van der Waals surface area contributed by atoms with E-state index in [1.165, 1.54) is 73.3 Å². The molecule has 0 radical (unpaired) electrons.